The van der Waals surface area contributed by atoms with Gasteiger partial charge in [0.1, 0.15) is 19.3 Å². The van der Waals surface area contributed by atoms with Crippen LogP contribution >= 0.6 is 23.2 Å². The van der Waals surface area contributed by atoms with E-state index in [1.165, 1.54) is 9.21 Å². The fourth-order valence-corrected chi connectivity index (χ4v) is 6.37. The molecule has 1 N–H and O–H groups in total. The van der Waals surface area contributed by atoms with Gasteiger partial charge in [0.15, 0.2) is 11.5 Å². The Balaban J connectivity index is 1.59. The lowest BCUT2D eigenvalue weighted by atomic mass is 10.0. The van der Waals surface area contributed by atoms with E-state index in [0.29, 0.717) is 52.6 Å². The molecule has 0 saturated heterocycles. The average molecular weight is 649 g/mol. The number of fused-ring (bicyclic) bond motifs is 1. The Hall–Kier alpha value is -3.47. The van der Waals surface area contributed by atoms with Crippen LogP contribution in [0.1, 0.15) is 30.9 Å². The molecule has 0 aliphatic carbocycles. The van der Waals surface area contributed by atoms with Crippen LogP contribution in [0, 0.1) is 0 Å². The number of benzene rings is 3. The van der Waals surface area contributed by atoms with Gasteiger partial charge in [-0.2, -0.15) is 0 Å². The van der Waals surface area contributed by atoms with Crippen LogP contribution in [0.4, 0.5) is 5.69 Å². The molecule has 230 valence electrons. The maximum absolute atomic E-state index is 13.9. The maximum atomic E-state index is 13.9. The number of carbonyl (C=O) groups is 2. The van der Waals surface area contributed by atoms with Gasteiger partial charge in [0.05, 0.1) is 11.9 Å². The zero-order valence-electron chi connectivity index (χ0n) is 24.1. The fourth-order valence-electron chi connectivity index (χ4n) is 4.89. The molecule has 1 aliphatic heterocycles. The molecule has 2 amide bonds. The molecule has 3 aromatic rings. The van der Waals surface area contributed by atoms with Crippen LogP contribution in [0.5, 0.6) is 11.5 Å². The van der Waals surface area contributed by atoms with E-state index in [1.807, 2.05) is 37.3 Å². The second-order valence-corrected chi connectivity index (χ2v) is 12.8. The number of carbonyl (C=O) groups excluding carboxylic acids is 2. The summed E-state index contributed by atoms with van der Waals surface area (Å²) in [6.45, 7) is 3.02. The van der Waals surface area contributed by atoms with Crippen LogP contribution in [0.25, 0.3) is 0 Å². The number of nitrogens with one attached hydrogen (secondary N) is 1. The van der Waals surface area contributed by atoms with Gasteiger partial charge in [0.2, 0.25) is 21.8 Å². The van der Waals surface area contributed by atoms with E-state index in [-0.39, 0.29) is 44.2 Å². The van der Waals surface area contributed by atoms with Crippen LogP contribution in [-0.4, -0.2) is 63.7 Å². The number of hydrogen-bond donors (Lipinski definition) is 1. The van der Waals surface area contributed by atoms with Gasteiger partial charge in [-0.1, -0.05) is 59.6 Å². The van der Waals surface area contributed by atoms with E-state index in [4.69, 9.17) is 32.7 Å². The van der Waals surface area contributed by atoms with Gasteiger partial charge >= 0.3 is 0 Å². The molecule has 9 nitrogen and oxygen atoms in total. The minimum absolute atomic E-state index is 0.00390. The Morgan fingerprint density at radius 3 is 2.28 bits per heavy atom. The van der Waals surface area contributed by atoms with Crippen molar-refractivity contribution in [2.75, 3.05) is 36.9 Å². The van der Waals surface area contributed by atoms with E-state index < -0.39 is 16.1 Å². The predicted octanol–water partition coefficient (Wildman–Crippen LogP) is 5.09. The highest BCUT2D eigenvalue weighted by Crippen LogP contribution is 2.35. The van der Waals surface area contributed by atoms with Crippen LogP contribution in [0.15, 0.2) is 66.7 Å². The molecule has 0 radical (unpaired) electrons. The van der Waals surface area contributed by atoms with E-state index >= 15 is 0 Å². The molecule has 3 aromatic carbocycles. The molecule has 4 rings (SSSR count). The fraction of sp³-hybridized carbons (Fsp3) is 0.355. The lowest BCUT2D eigenvalue weighted by Gasteiger charge is -2.32. The Morgan fingerprint density at radius 2 is 1.63 bits per heavy atom. The number of nitrogens with zero attached hydrogens (tertiary/aromatic N) is 2. The SMILES string of the molecule is CCNC(=O)C(Cc1ccccc1)N(Cc1c(Cl)cccc1Cl)C(=O)CCCN(c1ccc2c(c1)OCCO2)S(C)(=O)=O. The summed E-state index contributed by atoms with van der Waals surface area (Å²) >= 11 is 13.0. The number of rotatable bonds is 13. The summed E-state index contributed by atoms with van der Waals surface area (Å²) in [5.41, 5.74) is 1.81. The van der Waals surface area contributed by atoms with Crippen molar-refractivity contribution >= 4 is 50.7 Å². The number of sulfonamides is 1. The number of amides is 2. The van der Waals surface area contributed by atoms with Crippen molar-refractivity contribution in [2.45, 2.75) is 38.8 Å². The normalized spacial score (nSPS) is 13.2. The topological polar surface area (TPSA) is 105 Å². The number of likely N-dealkylation sites (N-methyl/N-ethyl adjacent to an activating group) is 1. The quantitative estimate of drug-likeness (QED) is 0.277. The summed E-state index contributed by atoms with van der Waals surface area (Å²) in [4.78, 5) is 28.8. The van der Waals surface area contributed by atoms with E-state index in [9.17, 15) is 18.0 Å². The monoisotopic (exact) mass is 647 g/mol. The van der Waals surface area contributed by atoms with Crippen molar-refractivity contribution in [3.8, 4) is 11.5 Å². The van der Waals surface area contributed by atoms with E-state index in [1.54, 1.807) is 36.4 Å². The van der Waals surface area contributed by atoms with Gasteiger partial charge in [-0.25, -0.2) is 8.42 Å². The molecular formula is C31H35Cl2N3O6S. The van der Waals surface area contributed by atoms with Gasteiger partial charge in [-0.15, -0.1) is 0 Å². The highest BCUT2D eigenvalue weighted by atomic mass is 35.5. The molecule has 0 fully saturated rings. The number of halogens is 2. The standard InChI is InChI=1S/C31H35Cl2N3O6S/c1-3-34-31(38)27(19-22-9-5-4-6-10-22)35(21-24-25(32)11-7-12-26(24)33)30(37)13-8-16-36(43(2,39)40)23-14-15-28-29(20-23)42-18-17-41-28/h4-7,9-12,14-15,20,27H,3,8,13,16-19,21H2,1-2H3,(H,34,38). The Morgan fingerprint density at radius 1 is 0.953 bits per heavy atom. The number of hydrogen-bond acceptors (Lipinski definition) is 6. The summed E-state index contributed by atoms with van der Waals surface area (Å²) in [5.74, 6) is 0.361. The first-order chi connectivity index (χ1) is 20.6. The Labute approximate surface area is 262 Å². The van der Waals surface area contributed by atoms with Crippen molar-refractivity contribution in [1.29, 1.82) is 0 Å². The van der Waals surface area contributed by atoms with Gasteiger partial charge in [0, 0.05) is 54.2 Å². The molecule has 0 aromatic heterocycles. The molecule has 1 aliphatic rings. The first kappa shape index (κ1) is 32.4. The minimum atomic E-state index is -3.69. The molecule has 1 heterocycles. The molecule has 0 spiro atoms. The van der Waals surface area contributed by atoms with E-state index in [2.05, 4.69) is 5.32 Å². The molecular weight excluding hydrogens is 613 g/mol. The summed E-state index contributed by atoms with van der Waals surface area (Å²) in [5, 5.41) is 3.60. The molecule has 1 unspecified atom stereocenters. The van der Waals surface area contributed by atoms with Crippen LogP contribution in [-0.2, 0) is 32.6 Å². The Kier molecular flexibility index (Phi) is 11.2. The summed E-state index contributed by atoms with van der Waals surface area (Å²) < 4.78 is 38.0. The van der Waals surface area contributed by atoms with Crippen LogP contribution in [0.2, 0.25) is 10.0 Å². The predicted molar refractivity (Wildman–Crippen MR) is 168 cm³/mol. The van der Waals surface area contributed by atoms with Gasteiger partial charge in [0.25, 0.3) is 0 Å². The molecule has 12 heteroatoms. The first-order valence-corrected chi connectivity index (χ1v) is 16.6. The third-order valence-electron chi connectivity index (χ3n) is 6.98. The van der Waals surface area contributed by atoms with Crippen molar-refractivity contribution < 1.29 is 27.5 Å². The zero-order valence-corrected chi connectivity index (χ0v) is 26.4. The van der Waals surface area contributed by atoms with Crippen molar-refractivity contribution in [2.24, 2.45) is 0 Å². The summed E-state index contributed by atoms with van der Waals surface area (Å²) in [7, 11) is -3.69. The number of anilines is 1. The molecule has 1 atom stereocenters. The van der Waals surface area contributed by atoms with Crippen LogP contribution in [0.3, 0.4) is 0 Å². The van der Waals surface area contributed by atoms with Crippen molar-refractivity contribution in [3.05, 3.63) is 87.9 Å². The average Bonchev–Trinajstić information content (AvgIpc) is 2.98. The highest BCUT2D eigenvalue weighted by Gasteiger charge is 2.31. The smallest absolute Gasteiger partial charge is 0.243 e. The Bertz CT molecular complexity index is 1520. The molecule has 0 bridgehead atoms. The summed E-state index contributed by atoms with van der Waals surface area (Å²) in [6.07, 6.45) is 1.55. The largest absolute Gasteiger partial charge is 0.486 e. The van der Waals surface area contributed by atoms with Gasteiger partial charge in [-0.3, -0.25) is 13.9 Å². The van der Waals surface area contributed by atoms with Crippen molar-refractivity contribution in [1.82, 2.24) is 10.2 Å². The molecule has 0 saturated carbocycles. The third-order valence-corrected chi connectivity index (χ3v) is 8.88. The van der Waals surface area contributed by atoms with E-state index in [0.717, 1.165) is 11.8 Å². The maximum Gasteiger partial charge on any atom is 0.243 e. The second-order valence-electron chi connectivity index (χ2n) is 10.1. The second kappa shape index (κ2) is 14.8. The minimum Gasteiger partial charge on any atom is -0.486 e. The summed E-state index contributed by atoms with van der Waals surface area (Å²) in [6, 6.07) is 18.6. The first-order valence-electron chi connectivity index (χ1n) is 14.0. The zero-order chi connectivity index (χ0) is 31.0. The van der Waals surface area contributed by atoms with Crippen LogP contribution < -0.4 is 19.1 Å². The lowest BCUT2D eigenvalue weighted by molar-refractivity contribution is -0.141. The number of ether oxygens (including phenoxy) is 2. The van der Waals surface area contributed by atoms with Crippen molar-refractivity contribution in [3.63, 3.8) is 0 Å². The third kappa shape index (κ3) is 8.55. The van der Waals surface area contributed by atoms with Gasteiger partial charge < -0.3 is 19.7 Å². The molecule has 43 heavy (non-hydrogen) atoms. The van der Waals surface area contributed by atoms with Gasteiger partial charge in [-0.05, 0) is 43.2 Å². The highest BCUT2D eigenvalue weighted by molar-refractivity contribution is 7.92. The lowest BCUT2D eigenvalue weighted by Crippen LogP contribution is -2.50.